The van der Waals surface area contributed by atoms with Gasteiger partial charge in [-0.15, -0.1) is 0 Å². The number of ether oxygens (including phenoxy) is 1. The molecule has 0 heterocycles. The first-order valence-corrected chi connectivity index (χ1v) is 6.39. The quantitative estimate of drug-likeness (QED) is 0.924. The van der Waals surface area contributed by atoms with Crippen molar-refractivity contribution in [2.75, 3.05) is 0 Å². The highest BCUT2D eigenvalue weighted by Crippen LogP contribution is 2.29. The van der Waals surface area contributed by atoms with Crippen LogP contribution in [-0.4, -0.2) is 18.3 Å². The minimum absolute atomic E-state index is 0.176. The van der Waals surface area contributed by atoms with Crippen LogP contribution in [0.5, 0.6) is 5.75 Å². The molecule has 0 radical (unpaired) electrons. The molecule has 108 valence electrons. The van der Waals surface area contributed by atoms with E-state index >= 15 is 0 Å². The van der Waals surface area contributed by atoms with Gasteiger partial charge in [0.05, 0.1) is 6.04 Å². The van der Waals surface area contributed by atoms with Gasteiger partial charge >= 0.3 is 6.18 Å². The van der Waals surface area contributed by atoms with Crippen molar-refractivity contribution in [2.24, 2.45) is 5.73 Å². The summed E-state index contributed by atoms with van der Waals surface area (Å²) in [5.74, 6) is 0.176. The maximum Gasteiger partial charge on any atom is 0.426 e. The van der Waals surface area contributed by atoms with Crippen molar-refractivity contribution < 1.29 is 17.9 Å². The molecule has 0 aliphatic rings. The van der Waals surface area contributed by atoms with Crippen molar-refractivity contribution >= 4 is 10.8 Å². The Morgan fingerprint density at radius 1 is 1.10 bits per heavy atom. The maximum atomic E-state index is 13.0. The van der Waals surface area contributed by atoms with E-state index in [0.717, 1.165) is 10.8 Å². The molecule has 2 aromatic rings. The van der Waals surface area contributed by atoms with Gasteiger partial charge in [-0.2, -0.15) is 13.2 Å². The van der Waals surface area contributed by atoms with E-state index in [9.17, 15) is 13.2 Å². The van der Waals surface area contributed by atoms with Crippen LogP contribution in [0.4, 0.5) is 13.2 Å². The van der Waals surface area contributed by atoms with Crippen molar-refractivity contribution in [3.63, 3.8) is 0 Å². The standard InChI is InChI=1S/C15H16F3NO/c1-2-13(19)14(15(16,17)18)20-12-8-7-10-5-3-4-6-11(10)9-12/h3-9,13-14H,2,19H2,1H3. The predicted molar refractivity (Wildman–Crippen MR) is 72.7 cm³/mol. The van der Waals surface area contributed by atoms with Crippen LogP contribution in [0.15, 0.2) is 42.5 Å². The van der Waals surface area contributed by atoms with E-state index in [0.29, 0.717) is 0 Å². The normalized spacial score (nSPS) is 15.1. The van der Waals surface area contributed by atoms with Gasteiger partial charge in [0.1, 0.15) is 5.75 Å². The first-order valence-electron chi connectivity index (χ1n) is 6.39. The number of halogens is 3. The summed E-state index contributed by atoms with van der Waals surface area (Å²) in [4.78, 5) is 0. The molecule has 0 aromatic heterocycles. The van der Waals surface area contributed by atoms with Crippen LogP contribution in [0.25, 0.3) is 10.8 Å². The summed E-state index contributed by atoms with van der Waals surface area (Å²) in [6, 6.07) is 11.2. The maximum absolute atomic E-state index is 13.0. The van der Waals surface area contributed by atoms with Crippen LogP contribution in [0.2, 0.25) is 0 Å². The summed E-state index contributed by atoms with van der Waals surface area (Å²) >= 11 is 0. The second-order valence-corrected chi connectivity index (χ2v) is 4.66. The lowest BCUT2D eigenvalue weighted by molar-refractivity contribution is -0.200. The Balaban J connectivity index is 2.28. The average molecular weight is 283 g/mol. The zero-order valence-electron chi connectivity index (χ0n) is 11.0. The Morgan fingerprint density at radius 3 is 2.35 bits per heavy atom. The Morgan fingerprint density at radius 2 is 1.75 bits per heavy atom. The highest BCUT2D eigenvalue weighted by molar-refractivity contribution is 5.83. The van der Waals surface area contributed by atoms with Crippen LogP contribution in [-0.2, 0) is 0 Å². The molecule has 0 amide bonds. The summed E-state index contributed by atoms with van der Waals surface area (Å²) < 4.78 is 43.9. The van der Waals surface area contributed by atoms with Crippen molar-refractivity contribution in [1.29, 1.82) is 0 Å². The Hall–Kier alpha value is -1.75. The van der Waals surface area contributed by atoms with Crippen molar-refractivity contribution in [3.05, 3.63) is 42.5 Å². The number of fused-ring (bicyclic) bond motifs is 1. The average Bonchev–Trinajstić information content (AvgIpc) is 2.42. The van der Waals surface area contributed by atoms with Gasteiger partial charge in [0.2, 0.25) is 6.10 Å². The third-order valence-corrected chi connectivity index (χ3v) is 3.17. The number of alkyl halides is 3. The van der Waals surface area contributed by atoms with Crippen LogP contribution in [0.1, 0.15) is 13.3 Å². The molecule has 0 fully saturated rings. The molecule has 20 heavy (non-hydrogen) atoms. The lowest BCUT2D eigenvalue weighted by Crippen LogP contribution is -2.48. The molecule has 5 heteroatoms. The third kappa shape index (κ3) is 3.22. The number of hydrogen-bond donors (Lipinski definition) is 1. The molecular weight excluding hydrogens is 267 g/mol. The van der Waals surface area contributed by atoms with Crippen LogP contribution in [0.3, 0.4) is 0 Å². The van der Waals surface area contributed by atoms with Crippen molar-refractivity contribution in [2.45, 2.75) is 31.7 Å². The van der Waals surface area contributed by atoms with Gasteiger partial charge < -0.3 is 10.5 Å². The minimum atomic E-state index is -4.49. The second kappa shape index (κ2) is 5.71. The Labute approximate surface area is 115 Å². The highest BCUT2D eigenvalue weighted by atomic mass is 19.4. The van der Waals surface area contributed by atoms with Crippen LogP contribution >= 0.6 is 0 Å². The molecule has 2 N–H and O–H groups in total. The number of rotatable bonds is 4. The van der Waals surface area contributed by atoms with Gasteiger partial charge in [0, 0.05) is 0 Å². The van der Waals surface area contributed by atoms with E-state index in [1.54, 1.807) is 19.1 Å². The van der Waals surface area contributed by atoms with Crippen LogP contribution in [0, 0.1) is 0 Å². The monoisotopic (exact) mass is 283 g/mol. The molecule has 2 nitrogen and oxygen atoms in total. The highest BCUT2D eigenvalue weighted by Gasteiger charge is 2.45. The van der Waals surface area contributed by atoms with Gasteiger partial charge in [-0.3, -0.25) is 0 Å². The van der Waals surface area contributed by atoms with Gasteiger partial charge in [0.15, 0.2) is 0 Å². The molecule has 2 unspecified atom stereocenters. The lowest BCUT2D eigenvalue weighted by Gasteiger charge is -2.26. The molecule has 0 saturated carbocycles. The first-order chi connectivity index (χ1) is 9.41. The van der Waals surface area contributed by atoms with Gasteiger partial charge in [-0.1, -0.05) is 37.3 Å². The predicted octanol–water partition coefficient (Wildman–Crippen LogP) is 3.89. The van der Waals surface area contributed by atoms with E-state index < -0.39 is 18.3 Å². The van der Waals surface area contributed by atoms with E-state index in [1.165, 1.54) is 6.07 Å². The summed E-state index contributed by atoms with van der Waals surface area (Å²) in [5, 5.41) is 1.78. The number of hydrogen-bond acceptors (Lipinski definition) is 2. The summed E-state index contributed by atoms with van der Waals surface area (Å²) in [6.45, 7) is 1.60. The summed E-state index contributed by atoms with van der Waals surface area (Å²) in [7, 11) is 0. The summed E-state index contributed by atoms with van der Waals surface area (Å²) in [6.07, 6.45) is -6.28. The second-order valence-electron chi connectivity index (χ2n) is 4.66. The largest absolute Gasteiger partial charge is 0.479 e. The minimum Gasteiger partial charge on any atom is -0.479 e. The van der Waals surface area contributed by atoms with E-state index in [4.69, 9.17) is 10.5 Å². The fraction of sp³-hybridized carbons (Fsp3) is 0.333. The molecule has 0 spiro atoms. The first kappa shape index (κ1) is 14.7. The number of nitrogens with two attached hydrogens (primary N) is 1. The van der Waals surface area contributed by atoms with Gasteiger partial charge in [-0.25, -0.2) is 0 Å². The van der Waals surface area contributed by atoms with Crippen molar-refractivity contribution in [1.82, 2.24) is 0 Å². The molecule has 0 aliphatic carbocycles. The molecule has 2 aromatic carbocycles. The zero-order valence-corrected chi connectivity index (χ0v) is 11.0. The van der Waals surface area contributed by atoms with E-state index in [2.05, 4.69) is 0 Å². The molecular formula is C15H16F3NO. The Bertz CT molecular complexity index is 583. The molecule has 0 aliphatic heterocycles. The van der Waals surface area contributed by atoms with Gasteiger partial charge in [0.25, 0.3) is 0 Å². The van der Waals surface area contributed by atoms with Crippen LogP contribution < -0.4 is 10.5 Å². The van der Waals surface area contributed by atoms with E-state index in [-0.39, 0.29) is 12.2 Å². The Kier molecular flexibility index (Phi) is 4.18. The molecule has 2 rings (SSSR count). The fourth-order valence-corrected chi connectivity index (χ4v) is 2.00. The number of benzene rings is 2. The van der Waals surface area contributed by atoms with Gasteiger partial charge in [-0.05, 0) is 29.3 Å². The summed E-state index contributed by atoms with van der Waals surface area (Å²) in [5.41, 5.74) is 5.52. The smallest absolute Gasteiger partial charge is 0.426 e. The van der Waals surface area contributed by atoms with Crippen molar-refractivity contribution in [3.8, 4) is 5.75 Å². The van der Waals surface area contributed by atoms with E-state index in [1.807, 2.05) is 24.3 Å². The zero-order chi connectivity index (χ0) is 14.8. The molecule has 0 bridgehead atoms. The molecule has 2 atom stereocenters. The lowest BCUT2D eigenvalue weighted by atomic mass is 10.1. The SMILES string of the molecule is CCC(N)C(Oc1ccc2ccccc2c1)C(F)(F)F. The fourth-order valence-electron chi connectivity index (χ4n) is 2.00. The molecule has 0 saturated heterocycles. The third-order valence-electron chi connectivity index (χ3n) is 3.17. The topological polar surface area (TPSA) is 35.2 Å².